The number of ether oxygens (including phenoxy) is 1. The zero-order valence-electron chi connectivity index (χ0n) is 19.1. The van der Waals surface area contributed by atoms with E-state index in [0.29, 0.717) is 17.9 Å². The van der Waals surface area contributed by atoms with Crippen molar-refractivity contribution >= 4 is 11.9 Å². The van der Waals surface area contributed by atoms with Gasteiger partial charge in [0.05, 0.1) is 6.10 Å². The fraction of sp³-hybridized carbons (Fsp3) is 0.909. The quantitative estimate of drug-likeness (QED) is 0.415. The fourth-order valence-corrected chi connectivity index (χ4v) is 3.78. The van der Waals surface area contributed by atoms with Crippen molar-refractivity contribution in [3.8, 4) is 0 Å². The van der Waals surface area contributed by atoms with Crippen molar-refractivity contribution in [2.45, 2.75) is 85.8 Å². The Morgan fingerprint density at radius 3 is 2.29 bits per heavy atom. The number of nitrogens with zero attached hydrogens (tertiary/aromatic N) is 2. The molecule has 0 spiro atoms. The zero-order chi connectivity index (χ0) is 20.9. The number of carbonyl (C=O) groups is 1. The van der Waals surface area contributed by atoms with Crippen molar-refractivity contribution in [3.05, 3.63) is 0 Å². The highest BCUT2D eigenvalue weighted by Crippen LogP contribution is 2.17. The number of aliphatic imine (C=N–C) groups is 1. The molecule has 28 heavy (non-hydrogen) atoms. The Morgan fingerprint density at radius 2 is 1.79 bits per heavy atom. The van der Waals surface area contributed by atoms with Gasteiger partial charge in [-0.05, 0) is 51.9 Å². The van der Waals surface area contributed by atoms with E-state index in [1.165, 1.54) is 0 Å². The Bertz CT molecular complexity index is 455. The highest BCUT2D eigenvalue weighted by Gasteiger charge is 2.26. The first kappa shape index (κ1) is 24.7. The standard InChI is InChI=1S/C22H44N4O2/c1-7-18(8-2)21(27)26-15-12-19(13-16-26)25-22(23-9-3)24-14-11-20(17(5)6)28-10-4/h17-20H,7-16H2,1-6H3,(H2,23,24,25). The maximum atomic E-state index is 12.6. The number of likely N-dealkylation sites (tertiary alicyclic amines) is 1. The molecule has 0 aromatic rings. The molecule has 1 fully saturated rings. The molecule has 6 nitrogen and oxygen atoms in total. The minimum absolute atomic E-state index is 0.183. The number of hydrogen-bond acceptors (Lipinski definition) is 3. The first-order valence-electron chi connectivity index (χ1n) is 11.4. The number of amides is 1. The van der Waals surface area contributed by atoms with Crippen molar-refractivity contribution in [1.82, 2.24) is 15.5 Å². The molecule has 1 saturated heterocycles. The van der Waals surface area contributed by atoms with Crippen LogP contribution >= 0.6 is 0 Å². The summed E-state index contributed by atoms with van der Waals surface area (Å²) >= 11 is 0. The average molecular weight is 397 g/mol. The SMILES string of the molecule is CCNC(=NCCC(OCC)C(C)C)NC1CCN(C(=O)C(CC)CC)CC1. The van der Waals surface area contributed by atoms with E-state index in [2.05, 4.69) is 50.2 Å². The van der Waals surface area contributed by atoms with Gasteiger partial charge in [0.15, 0.2) is 5.96 Å². The Balaban J connectivity index is 2.51. The molecule has 1 unspecified atom stereocenters. The highest BCUT2D eigenvalue weighted by molar-refractivity contribution is 5.80. The fourth-order valence-electron chi connectivity index (χ4n) is 3.78. The number of hydrogen-bond donors (Lipinski definition) is 2. The molecule has 0 radical (unpaired) electrons. The number of carbonyl (C=O) groups excluding carboxylic acids is 1. The van der Waals surface area contributed by atoms with Gasteiger partial charge in [0.25, 0.3) is 0 Å². The van der Waals surface area contributed by atoms with E-state index in [1.807, 2.05) is 6.92 Å². The van der Waals surface area contributed by atoms with Crippen LogP contribution in [0.15, 0.2) is 4.99 Å². The van der Waals surface area contributed by atoms with Crippen molar-refractivity contribution in [2.24, 2.45) is 16.8 Å². The van der Waals surface area contributed by atoms with Crippen molar-refractivity contribution in [1.29, 1.82) is 0 Å². The largest absolute Gasteiger partial charge is 0.378 e. The lowest BCUT2D eigenvalue weighted by Crippen LogP contribution is -2.50. The van der Waals surface area contributed by atoms with Gasteiger partial charge in [-0.1, -0.05) is 27.7 Å². The van der Waals surface area contributed by atoms with Crippen molar-refractivity contribution in [2.75, 3.05) is 32.8 Å². The first-order chi connectivity index (χ1) is 13.5. The molecular formula is C22H44N4O2. The van der Waals surface area contributed by atoms with E-state index in [-0.39, 0.29) is 12.0 Å². The van der Waals surface area contributed by atoms with Gasteiger partial charge in [-0.2, -0.15) is 0 Å². The topological polar surface area (TPSA) is 66.0 Å². The van der Waals surface area contributed by atoms with Crippen molar-refractivity contribution in [3.63, 3.8) is 0 Å². The van der Waals surface area contributed by atoms with Crippen LogP contribution in [0.4, 0.5) is 0 Å². The van der Waals surface area contributed by atoms with Gasteiger partial charge < -0.3 is 20.3 Å². The highest BCUT2D eigenvalue weighted by atomic mass is 16.5. The summed E-state index contributed by atoms with van der Waals surface area (Å²) in [7, 11) is 0. The smallest absolute Gasteiger partial charge is 0.225 e. The Morgan fingerprint density at radius 1 is 1.14 bits per heavy atom. The molecule has 164 valence electrons. The molecule has 1 atom stereocenters. The summed E-state index contributed by atoms with van der Waals surface area (Å²) < 4.78 is 5.82. The van der Waals surface area contributed by atoms with E-state index < -0.39 is 0 Å². The summed E-state index contributed by atoms with van der Waals surface area (Å²) in [5.41, 5.74) is 0. The number of rotatable bonds is 11. The molecule has 2 N–H and O–H groups in total. The van der Waals surface area contributed by atoms with Crippen LogP contribution in [0.1, 0.15) is 73.6 Å². The summed E-state index contributed by atoms with van der Waals surface area (Å²) in [6.07, 6.45) is 5.02. The van der Waals surface area contributed by atoms with Crippen LogP contribution in [-0.4, -0.2) is 61.7 Å². The van der Waals surface area contributed by atoms with Crippen LogP contribution < -0.4 is 10.6 Å². The Kier molecular flexibility index (Phi) is 12.2. The van der Waals surface area contributed by atoms with Crippen LogP contribution in [0.5, 0.6) is 0 Å². The number of piperidine rings is 1. The number of guanidine groups is 1. The summed E-state index contributed by atoms with van der Waals surface area (Å²) in [6.45, 7) is 16.8. The maximum absolute atomic E-state index is 12.6. The maximum Gasteiger partial charge on any atom is 0.225 e. The minimum atomic E-state index is 0.183. The molecule has 0 aromatic carbocycles. The lowest BCUT2D eigenvalue weighted by Gasteiger charge is -2.35. The molecular weight excluding hydrogens is 352 g/mol. The molecule has 0 bridgehead atoms. The lowest BCUT2D eigenvalue weighted by molar-refractivity contribution is -0.136. The van der Waals surface area contributed by atoms with Crippen molar-refractivity contribution < 1.29 is 9.53 Å². The van der Waals surface area contributed by atoms with E-state index in [9.17, 15) is 4.79 Å². The number of nitrogens with one attached hydrogen (secondary N) is 2. The van der Waals surface area contributed by atoms with Gasteiger partial charge in [0.1, 0.15) is 0 Å². The predicted molar refractivity (Wildman–Crippen MR) is 118 cm³/mol. The Hall–Kier alpha value is -1.30. The van der Waals surface area contributed by atoms with Gasteiger partial charge in [-0.15, -0.1) is 0 Å². The first-order valence-corrected chi connectivity index (χ1v) is 11.4. The summed E-state index contributed by atoms with van der Waals surface area (Å²) in [4.78, 5) is 19.4. The summed E-state index contributed by atoms with van der Waals surface area (Å²) in [5.74, 6) is 1.90. The molecule has 1 heterocycles. The molecule has 1 aliphatic heterocycles. The predicted octanol–water partition coefficient (Wildman–Crippen LogP) is 3.42. The van der Waals surface area contributed by atoms with Crippen LogP contribution in [0, 0.1) is 11.8 Å². The van der Waals surface area contributed by atoms with E-state index in [4.69, 9.17) is 9.73 Å². The summed E-state index contributed by atoms with van der Waals surface area (Å²) in [5, 5.41) is 6.92. The zero-order valence-corrected chi connectivity index (χ0v) is 19.1. The molecule has 1 rings (SSSR count). The molecule has 1 aliphatic rings. The van der Waals surface area contributed by atoms with Gasteiger partial charge in [-0.25, -0.2) is 0 Å². The second kappa shape index (κ2) is 13.8. The van der Waals surface area contributed by atoms with Crippen LogP contribution in [0.25, 0.3) is 0 Å². The van der Waals surface area contributed by atoms with E-state index in [1.54, 1.807) is 0 Å². The van der Waals surface area contributed by atoms with Gasteiger partial charge >= 0.3 is 0 Å². The molecule has 0 aliphatic carbocycles. The molecule has 0 aromatic heterocycles. The lowest BCUT2D eigenvalue weighted by atomic mass is 9.98. The van der Waals surface area contributed by atoms with Crippen LogP contribution in [-0.2, 0) is 9.53 Å². The average Bonchev–Trinajstić information content (AvgIpc) is 2.68. The monoisotopic (exact) mass is 396 g/mol. The second-order valence-electron chi connectivity index (χ2n) is 8.04. The third-order valence-electron chi connectivity index (χ3n) is 5.63. The van der Waals surface area contributed by atoms with Gasteiger partial charge in [0.2, 0.25) is 5.91 Å². The normalized spacial score (nSPS) is 17.3. The molecule has 0 saturated carbocycles. The summed E-state index contributed by atoms with van der Waals surface area (Å²) in [6, 6.07) is 0.372. The van der Waals surface area contributed by atoms with Crippen LogP contribution in [0.2, 0.25) is 0 Å². The van der Waals surface area contributed by atoms with E-state index >= 15 is 0 Å². The minimum Gasteiger partial charge on any atom is -0.378 e. The van der Waals surface area contributed by atoms with Crippen LogP contribution in [0.3, 0.4) is 0 Å². The van der Waals surface area contributed by atoms with E-state index in [0.717, 1.165) is 70.8 Å². The molecule has 1 amide bonds. The second-order valence-corrected chi connectivity index (χ2v) is 8.04. The van der Waals surface area contributed by atoms with Gasteiger partial charge in [0, 0.05) is 44.7 Å². The van der Waals surface area contributed by atoms with Gasteiger partial charge in [-0.3, -0.25) is 9.79 Å². The third kappa shape index (κ3) is 8.38. The third-order valence-corrected chi connectivity index (χ3v) is 5.63. The Labute approximate surface area is 172 Å². The molecule has 6 heteroatoms.